The van der Waals surface area contributed by atoms with E-state index in [9.17, 15) is 0 Å². The monoisotopic (exact) mass is 210 g/mol. The zero-order chi connectivity index (χ0) is 10.8. The van der Waals surface area contributed by atoms with Gasteiger partial charge in [0.15, 0.2) is 6.29 Å². The molecule has 1 fully saturated rings. The van der Waals surface area contributed by atoms with Gasteiger partial charge >= 0.3 is 0 Å². The van der Waals surface area contributed by atoms with Crippen LogP contribution in [0.15, 0.2) is 9.98 Å². The molecule has 0 spiro atoms. The normalized spacial score (nSPS) is 28.6. The van der Waals surface area contributed by atoms with Crippen molar-refractivity contribution < 1.29 is 0 Å². The summed E-state index contributed by atoms with van der Waals surface area (Å²) in [6.45, 7) is 0. The number of guanidine groups is 2. The van der Waals surface area contributed by atoms with Crippen LogP contribution in [0, 0.1) is 0 Å². The van der Waals surface area contributed by atoms with Gasteiger partial charge in [0, 0.05) is 6.04 Å². The van der Waals surface area contributed by atoms with E-state index >= 15 is 0 Å². The average Bonchev–Trinajstić information content (AvgIpc) is 2.17. The average molecular weight is 210 g/mol. The molecule has 1 heterocycles. The Balaban J connectivity index is 2.11. The van der Waals surface area contributed by atoms with Crippen LogP contribution in [0.4, 0.5) is 0 Å². The Kier molecular flexibility index (Phi) is 2.77. The predicted molar refractivity (Wildman–Crippen MR) is 59.9 cm³/mol. The Morgan fingerprint density at radius 2 is 1.80 bits per heavy atom. The van der Waals surface area contributed by atoms with Gasteiger partial charge in [-0.3, -0.25) is 5.73 Å². The molecule has 0 aromatic rings. The number of aliphatic imine (C=N–C) groups is 2. The molecule has 0 saturated heterocycles. The maximum absolute atomic E-state index is 5.89. The van der Waals surface area contributed by atoms with Gasteiger partial charge in [-0.2, -0.15) is 4.99 Å². The summed E-state index contributed by atoms with van der Waals surface area (Å²) in [7, 11) is 0. The zero-order valence-corrected chi connectivity index (χ0v) is 8.76. The van der Waals surface area contributed by atoms with E-state index in [2.05, 4.69) is 9.98 Å². The van der Waals surface area contributed by atoms with Crippen molar-refractivity contribution in [1.29, 1.82) is 0 Å². The van der Waals surface area contributed by atoms with E-state index in [4.69, 9.17) is 17.2 Å². The fraction of sp³-hybridized carbons (Fsp3) is 0.778. The topological polar surface area (TPSA) is 106 Å². The van der Waals surface area contributed by atoms with Gasteiger partial charge in [0.2, 0.25) is 11.9 Å². The summed E-state index contributed by atoms with van der Waals surface area (Å²) in [5, 5.41) is 0. The summed E-state index contributed by atoms with van der Waals surface area (Å²) in [6.07, 6.45) is 5.49. The highest BCUT2D eigenvalue weighted by molar-refractivity contribution is 5.95. The summed E-state index contributed by atoms with van der Waals surface area (Å²) in [4.78, 5) is 9.86. The molecule has 2 aliphatic rings. The van der Waals surface area contributed by atoms with E-state index in [0.29, 0.717) is 12.0 Å². The molecule has 1 unspecified atom stereocenters. The van der Waals surface area contributed by atoms with Crippen molar-refractivity contribution >= 4 is 11.9 Å². The maximum atomic E-state index is 5.89. The number of nitrogens with two attached hydrogens (primary N) is 3. The van der Waals surface area contributed by atoms with Crippen LogP contribution in [0.3, 0.4) is 0 Å². The largest absolute Gasteiger partial charge is 0.369 e. The van der Waals surface area contributed by atoms with Crippen LogP contribution in [0.5, 0.6) is 0 Å². The minimum absolute atomic E-state index is 0.173. The second kappa shape index (κ2) is 4.06. The van der Waals surface area contributed by atoms with Crippen molar-refractivity contribution in [2.24, 2.45) is 27.2 Å². The molecular weight excluding hydrogens is 192 g/mol. The highest BCUT2D eigenvalue weighted by atomic mass is 15.4. The molecule has 0 aromatic heterocycles. The molecule has 0 amide bonds. The van der Waals surface area contributed by atoms with Crippen molar-refractivity contribution in [2.75, 3.05) is 0 Å². The first-order valence-electron chi connectivity index (χ1n) is 5.40. The smallest absolute Gasteiger partial charge is 0.221 e. The molecule has 0 aromatic carbocycles. The molecule has 6 heteroatoms. The minimum Gasteiger partial charge on any atom is -0.369 e. The second-order valence-corrected chi connectivity index (χ2v) is 4.07. The molecule has 6 nitrogen and oxygen atoms in total. The lowest BCUT2D eigenvalue weighted by Crippen LogP contribution is -2.56. The van der Waals surface area contributed by atoms with Gasteiger partial charge in [-0.1, -0.05) is 19.3 Å². The van der Waals surface area contributed by atoms with Crippen molar-refractivity contribution in [2.45, 2.75) is 44.4 Å². The lowest BCUT2D eigenvalue weighted by molar-refractivity contribution is 0.191. The lowest BCUT2D eigenvalue weighted by Gasteiger charge is -2.38. The van der Waals surface area contributed by atoms with Crippen LogP contribution >= 0.6 is 0 Å². The van der Waals surface area contributed by atoms with Crippen molar-refractivity contribution in [3.05, 3.63) is 0 Å². The summed E-state index contributed by atoms with van der Waals surface area (Å²) < 4.78 is 0. The Hall–Kier alpha value is -1.30. The number of nitrogens with zero attached hydrogens (tertiary/aromatic N) is 3. The van der Waals surface area contributed by atoms with Crippen LogP contribution < -0.4 is 17.2 Å². The number of hydrogen-bond acceptors (Lipinski definition) is 6. The Bertz CT molecular complexity index is 291. The summed E-state index contributed by atoms with van der Waals surface area (Å²) in [6, 6.07) is 0.370. The number of hydrogen-bond donors (Lipinski definition) is 3. The number of rotatable bonds is 1. The molecule has 0 radical (unpaired) electrons. The molecule has 6 N–H and O–H groups in total. The van der Waals surface area contributed by atoms with Crippen molar-refractivity contribution in [3.63, 3.8) is 0 Å². The van der Waals surface area contributed by atoms with E-state index in [1.165, 1.54) is 19.3 Å². The molecule has 0 bridgehead atoms. The Morgan fingerprint density at radius 1 is 1.13 bits per heavy atom. The van der Waals surface area contributed by atoms with Crippen molar-refractivity contribution in [3.8, 4) is 0 Å². The molecule has 1 saturated carbocycles. The second-order valence-electron chi connectivity index (χ2n) is 4.07. The fourth-order valence-corrected chi connectivity index (χ4v) is 2.30. The summed E-state index contributed by atoms with van der Waals surface area (Å²) >= 11 is 0. The van der Waals surface area contributed by atoms with E-state index in [0.717, 1.165) is 12.8 Å². The third-order valence-corrected chi connectivity index (χ3v) is 3.01. The van der Waals surface area contributed by atoms with Crippen LogP contribution in [0.1, 0.15) is 32.1 Å². The molecule has 1 aliphatic carbocycles. The van der Waals surface area contributed by atoms with E-state index in [-0.39, 0.29) is 5.96 Å². The van der Waals surface area contributed by atoms with E-state index < -0.39 is 6.29 Å². The first-order chi connectivity index (χ1) is 7.18. The van der Waals surface area contributed by atoms with Crippen LogP contribution in [0.2, 0.25) is 0 Å². The van der Waals surface area contributed by atoms with Crippen LogP contribution in [-0.2, 0) is 0 Å². The van der Waals surface area contributed by atoms with Gasteiger partial charge in [-0.05, 0) is 12.8 Å². The molecular formula is C9H18N6. The molecule has 1 atom stereocenters. The third kappa shape index (κ3) is 2.04. The lowest BCUT2D eigenvalue weighted by atomic mass is 9.94. The van der Waals surface area contributed by atoms with Crippen LogP contribution in [-0.4, -0.2) is 29.2 Å². The minimum atomic E-state index is -0.467. The zero-order valence-electron chi connectivity index (χ0n) is 8.76. The molecule has 15 heavy (non-hydrogen) atoms. The fourth-order valence-electron chi connectivity index (χ4n) is 2.30. The van der Waals surface area contributed by atoms with Crippen molar-refractivity contribution in [1.82, 2.24) is 4.90 Å². The standard InChI is InChI=1S/C9H18N6/c10-7-13-8(11)15(9(12)14-7)6-4-2-1-3-5-6/h6,8H,1-5,11H2,(H4,10,12,13,14). The van der Waals surface area contributed by atoms with Gasteiger partial charge < -0.3 is 16.4 Å². The molecule has 1 aliphatic heterocycles. The highest BCUT2D eigenvalue weighted by Crippen LogP contribution is 2.24. The third-order valence-electron chi connectivity index (χ3n) is 3.01. The first kappa shape index (κ1) is 10.2. The van der Waals surface area contributed by atoms with Crippen LogP contribution in [0.25, 0.3) is 0 Å². The van der Waals surface area contributed by atoms with E-state index in [1.54, 1.807) is 0 Å². The molecule has 2 rings (SSSR count). The first-order valence-corrected chi connectivity index (χ1v) is 5.40. The van der Waals surface area contributed by atoms with Gasteiger partial charge in [-0.25, -0.2) is 4.99 Å². The van der Waals surface area contributed by atoms with Gasteiger partial charge in [0.25, 0.3) is 0 Å². The van der Waals surface area contributed by atoms with Gasteiger partial charge in [-0.15, -0.1) is 0 Å². The Morgan fingerprint density at radius 3 is 2.40 bits per heavy atom. The van der Waals surface area contributed by atoms with Gasteiger partial charge in [0.05, 0.1) is 0 Å². The summed E-state index contributed by atoms with van der Waals surface area (Å²) in [5.41, 5.74) is 17.2. The highest BCUT2D eigenvalue weighted by Gasteiger charge is 2.29. The quantitative estimate of drug-likeness (QED) is 0.542. The molecule has 84 valence electrons. The Labute approximate surface area is 89.2 Å². The predicted octanol–water partition coefficient (Wildman–Crippen LogP) is -0.494. The SMILES string of the molecule is NC1=NC(N)N(C2CCCCC2)C(N)=N1. The van der Waals surface area contributed by atoms with Gasteiger partial charge in [0.1, 0.15) is 0 Å². The van der Waals surface area contributed by atoms with E-state index in [1.807, 2.05) is 4.90 Å². The summed E-state index contributed by atoms with van der Waals surface area (Å²) in [5.74, 6) is 0.578. The maximum Gasteiger partial charge on any atom is 0.221 e.